The van der Waals surface area contributed by atoms with E-state index >= 15 is 0 Å². The van der Waals surface area contributed by atoms with E-state index in [4.69, 9.17) is 10.5 Å². The molecule has 0 radical (unpaired) electrons. The van der Waals surface area contributed by atoms with Crippen molar-refractivity contribution in [3.05, 3.63) is 65.5 Å². The van der Waals surface area contributed by atoms with Crippen LogP contribution in [0, 0.1) is 5.82 Å². The maximum atomic E-state index is 13.9. The van der Waals surface area contributed by atoms with Crippen molar-refractivity contribution >= 4 is 0 Å². The zero-order chi connectivity index (χ0) is 13.7. The van der Waals surface area contributed by atoms with Crippen molar-refractivity contribution in [1.82, 2.24) is 0 Å². The third kappa shape index (κ3) is 3.12. The molecule has 3 heteroatoms. The van der Waals surface area contributed by atoms with E-state index in [2.05, 4.69) is 0 Å². The highest BCUT2D eigenvalue weighted by Gasteiger charge is 2.14. The number of nitrogens with two attached hydrogens (primary N) is 1. The molecule has 0 saturated carbocycles. The molecule has 0 amide bonds. The van der Waals surface area contributed by atoms with E-state index < -0.39 is 0 Å². The molecule has 0 aromatic heterocycles. The maximum absolute atomic E-state index is 13.9. The lowest BCUT2D eigenvalue weighted by molar-refractivity contribution is 0.321. The van der Waals surface area contributed by atoms with Crippen LogP contribution in [0.25, 0.3) is 0 Å². The lowest BCUT2D eigenvalue weighted by Gasteiger charge is -2.16. The van der Waals surface area contributed by atoms with E-state index in [1.54, 1.807) is 6.07 Å². The van der Waals surface area contributed by atoms with Crippen molar-refractivity contribution in [2.75, 3.05) is 13.2 Å². The fourth-order valence-electron chi connectivity index (χ4n) is 2.16. The average molecular weight is 259 g/mol. The first-order chi connectivity index (χ1) is 9.26. The maximum Gasteiger partial charge on any atom is 0.165 e. The van der Waals surface area contributed by atoms with E-state index in [0.29, 0.717) is 13.2 Å². The Labute approximate surface area is 113 Å². The minimum atomic E-state index is -0.339. The number of ether oxygens (including phenoxy) is 1. The van der Waals surface area contributed by atoms with Gasteiger partial charge in [0, 0.05) is 12.5 Å². The highest BCUT2D eigenvalue weighted by atomic mass is 19.1. The van der Waals surface area contributed by atoms with Crippen molar-refractivity contribution in [2.45, 2.75) is 12.8 Å². The lowest BCUT2D eigenvalue weighted by Crippen LogP contribution is -2.14. The Morgan fingerprint density at radius 3 is 2.42 bits per heavy atom. The molecule has 0 spiro atoms. The monoisotopic (exact) mass is 259 g/mol. The van der Waals surface area contributed by atoms with E-state index in [1.807, 2.05) is 43.3 Å². The van der Waals surface area contributed by atoms with Crippen molar-refractivity contribution in [1.29, 1.82) is 0 Å². The molecule has 19 heavy (non-hydrogen) atoms. The second-order valence-corrected chi connectivity index (χ2v) is 4.32. The van der Waals surface area contributed by atoms with Crippen molar-refractivity contribution in [3.63, 3.8) is 0 Å². The molecule has 1 atom stereocenters. The summed E-state index contributed by atoms with van der Waals surface area (Å²) >= 11 is 0. The number of hydrogen-bond acceptors (Lipinski definition) is 2. The van der Waals surface area contributed by atoms with Crippen LogP contribution in [0.4, 0.5) is 4.39 Å². The van der Waals surface area contributed by atoms with Gasteiger partial charge in [0.2, 0.25) is 0 Å². The third-order valence-corrected chi connectivity index (χ3v) is 3.10. The van der Waals surface area contributed by atoms with Crippen LogP contribution in [-0.4, -0.2) is 13.2 Å². The van der Waals surface area contributed by atoms with Gasteiger partial charge < -0.3 is 10.5 Å². The summed E-state index contributed by atoms with van der Waals surface area (Å²) in [5, 5.41) is 0. The Bertz CT molecular complexity index is 528. The molecular weight excluding hydrogens is 241 g/mol. The van der Waals surface area contributed by atoms with Gasteiger partial charge in [-0.3, -0.25) is 0 Å². The fourth-order valence-corrected chi connectivity index (χ4v) is 2.16. The Balaban J connectivity index is 2.32. The minimum absolute atomic E-state index is 0.00590. The van der Waals surface area contributed by atoms with Crippen LogP contribution in [0.1, 0.15) is 24.0 Å². The molecule has 100 valence electrons. The van der Waals surface area contributed by atoms with Crippen LogP contribution >= 0.6 is 0 Å². The topological polar surface area (TPSA) is 35.2 Å². The molecule has 2 aromatic carbocycles. The molecule has 1 unspecified atom stereocenters. The van der Waals surface area contributed by atoms with Crippen molar-refractivity contribution in [2.24, 2.45) is 5.73 Å². The Morgan fingerprint density at radius 1 is 1.11 bits per heavy atom. The van der Waals surface area contributed by atoms with Crippen LogP contribution in [0.3, 0.4) is 0 Å². The predicted octanol–water partition coefficient (Wildman–Crippen LogP) is 3.32. The van der Waals surface area contributed by atoms with Gasteiger partial charge in [-0.05, 0) is 30.2 Å². The molecule has 0 aliphatic carbocycles. The number of rotatable bonds is 5. The smallest absolute Gasteiger partial charge is 0.165 e. The summed E-state index contributed by atoms with van der Waals surface area (Å²) in [5.74, 6) is -0.0461. The largest absolute Gasteiger partial charge is 0.491 e. The van der Waals surface area contributed by atoms with Gasteiger partial charge in [-0.1, -0.05) is 36.4 Å². The number of benzene rings is 2. The molecule has 0 bridgehead atoms. The first-order valence-corrected chi connectivity index (χ1v) is 6.43. The van der Waals surface area contributed by atoms with E-state index in [1.165, 1.54) is 6.07 Å². The Kier molecular flexibility index (Phi) is 4.53. The van der Waals surface area contributed by atoms with Crippen LogP contribution in [0.5, 0.6) is 5.75 Å². The summed E-state index contributed by atoms with van der Waals surface area (Å²) in [6.07, 6.45) is 0. The van der Waals surface area contributed by atoms with Gasteiger partial charge in [-0.2, -0.15) is 0 Å². The van der Waals surface area contributed by atoms with Gasteiger partial charge >= 0.3 is 0 Å². The van der Waals surface area contributed by atoms with Crippen LogP contribution < -0.4 is 10.5 Å². The molecule has 2 N–H and O–H groups in total. The normalized spacial score (nSPS) is 12.2. The predicted molar refractivity (Wildman–Crippen MR) is 74.9 cm³/mol. The van der Waals surface area contributed by atoms with Gasteiger partial charge in [0.1, 0.15) is 0 Å². The first kappa shape index (κ1) is 13.6. The summed E-state index contributed by atoms with van der Waals surface area (Å²) in [6.45, 7) is 2.73. The van der Waals surface area contributed by atoms with Gasteiger partial charge in [0.15, 0.2) is 11.6 Å². The van der Waals surface area contributed by atoms with Crippen LogP contribution in [0.15, 0.2) is 48.5 Å². The first-order valence-electron chi connectivity index (χ1n) is 6.43. The fraction of sp³-hybridized carbons (Fsp3) is 0.250. The lowest BCUT2D eigenvalue weighted by atomic mass is 9.91. The van der Waals surface area contributed by atoms with Crippen LogP contribution in [0.2, 0.25) is 0 Å². The molecule has 2 aromatic rings. The summed E-state index contributed by atoms with van der Waals surface area (Å²) in [4.78, 5) is 0. The number of halogens is 1. The summed E-state index contributed by atoms with van der Waals surface area (Å²) < 4.78 is 19.1. The molecule has 0 aliphatic rings. The molecule has 2 rings (SSSR count). The van der Waals surface area contributed by atoms with E-state index in [-0.39, 0.29) is 17.5 Å². The standard InChI is InChI=1S/C16H18FNO/c1-2-19-16-9-8-13(10-15(16)17)14(11-18)12-6-4-3-5-7-12/h3-10,14H,2,11,18H2,1H3. The van der Waals surface area contributed by atoms with E-state index in [0.717, 1.165) is 11.1 Å². The second-order valence-electron chi connectivity index (χ2n) is 4.32. The third-order valence-electron chi connectivity index (χ3n) is 3.10. The zero-order valence-electron chi connectivity index (χ0n) is 11.0. The average Bonchev–Trinajstić information content (AvgIpc) is 2.44. The summed E-state index contributed by atoms with van der Waals surface area (Å²) in [7, 11) is 0. The Hall–Kier alpha value is -1.87. The quantitative estimate of drug-likeness (QED) is 0.894. The molecule has 2 nitrogen and oxygen atoms in total. The molecule has 0 heterocycles. The van der Waals surface area contributed by atoms with Gasteiger partial charge in [-0.15, -0.1) is 0 Å². The van der Waals surface area contributed by atoms with Gasteiger partial charge in [-0.25, -0.2) is 4.39 Å². The number of hydrogen-bond donors (Lipinski definition) is 1. The second kappa shape index (κ2) is 6.34. The van der Waals surface area contributed by atoms with Crippen molar-refractivity contribution < 1.29 is 9.13 Å². The highest BCUT2D eigenvalue weighted by Crippen LogP contribution is 2.27. The van der Waals surface area contributed by atoms with Crippen molar-refractivity contribution in [3.8, 4) is 5.75 Å². The summed E-state index contributed by atoms with van der Waals surface area (Å²) in [5.41, 5.74) is 7.79. The minimum Gasteiger partial charge on any atom is -0.491 e. The molecule has 0 fully saturated rings. The van der Waals surface area contributed by atoms with E-state index in [9.17, 15) is 4.39 Å². The van der Waals surface area contributed by atoms with Gasteiger partial charge in [0.05, 0.1) is 6.61 Å². The zero-order valence-corrected chi connectivity index (χ0v) is 11.0. The molecule has 0 aliphatic heterocycles. The SMILES string of the molecule is CCOc1ccc(C(CN)c2ccccc2)cc1F. The van der Waals surface area contributed by atoms with Crippen LogP contribution in [-0.2, 0) is 0 Å². The Morgan fingerprint density at radius 2 is 1.84 bits per heavy atom. The molecular formula is C16H18FNO. The highest BCUT2D eigenvalue weighted by molar-refractivity contribution is 5.37. The molecule has 0 saturated heterocycles. The summed E-state index contributed by atoms with van der Waals surface area (Å²) in [6, 6.07) is 14.9. The van der Waals surface area contributed by atoms with Gasteiger partial charge in [0.25, 0.3) is 0 Å².